The molecule has 0 fully saturated rings. The van der Waals surface area contributed by atoms with E-state index in [9.17, 15) is 10.2 Å². The van der Waals surface area contributed by atoms with Crippen LogP contribution in [0.25, 0.3) is 0 Å². The summed E-state index contributed by atoms with van der Waals surface area (Å²) in [6, 6.07) is 15.1. The molecule has 0 aliphatic rings. The predicted molar refractivity (Wildman–Crippen MR) is 82.2 cm³/mol. The third-order valence-corrected chi connectivity index (χ3v) is 3.41. The summed E-state index contributed by atoms with van der Waals surface area (Å²) in [5.41, 5.74) is 3.13. The van der Waals surface area contributed by atoms with Gasteiger partial charge in [0.1, 0.15) is 5.75 Å². The van der Waals surface area contributed by atoms with E-state index < -0.39 is 6.10 Å². The van der Waals surface area contributed by atoms with Gasteiger partial charge in [0.15, 0.2) is 0 Å². The van der Waals surface area contributed by atoms with E-state index in [1.54, 1.807) is 18.2 Å². The number of nitrogens with zero attached hydrogens (tertiary/aromatic N) is 1. The van der Waals surface area contributed by atoms with Gasteiger partial charge in [0.05, 0.1) is 6.10 Å². The Morgan fingerprint density at radius 3 is 2.35 bits per heavy atom. The summed E-state index contributed by atoms with van der Waals surface area (Å²) in [5.74, 6) is 0.192. The molecule has 0 saturated carbocycles. The van der Waals surface area contributed by atoms with Crippen LogP contribution in [0, 0.1) is 0 Å². The average molecular weight is 271 g/mol. The van der Waals surface area contributed by atoms with E-state index in [4.69, 9.17) is 0 Å². The van der Waals surface area contributed by atoms with Gasteiger partial charge < -0.3 is 15.1 Å². The quantitative estimate of drug-likeness (QED) is 0.878. The maximum absolute atomic E-state index is 10.1. The van der Waals surface area contributed by atoms with Crippen LogP contribution in [0.15, 0.2) is 48.5 Å². The van der Waals surface area contributed by atoms with Gasteiger partial charge in [-0.25, -0.2) is 0 Å². The van der Waals surface area contributed by atoms with Gasteiger partial charge in [-0.1, -0.05) is 24.3 Å². The minimum absolute atomic E-state index is 0.192. The molecular weight excluding hydrogens is 250 g/mol. The highest BCUT2D eigenvalue weighted by molar-refractivity contribution is 5.46. The fourth-order valence-corrected chi connectivity index (χ4v) is 2.16. The zero-order valence-corrected chi connectivity index (χ0v) is 12.0. The summed E-state index contributed by atoms with van der Waals surface area (Å²) >= 11 is 0. The van der Waals surface area contributed by atoms with Crippen molar-refractivity contribution in [2.75, 3.05) is 19.0 Å². The number of benzene rings is 2. The fourth-order valence-electron chi connectivity index (χ4n) is 2.16. The fraction of sp³-hybridized carbons (Fsp3) is 0.294. The molecule has 106 valence electrons. The largest absolute Gasteiger partial charge is 0.508 e. The zero-order chi connectivity index (χ0) is 14.5. The molecule has 0 spiro atoms. The number of hydrogen-bond acceptors (Lipinski definition) is 3. The topological polar surface area (TPSA) is 43.7 Å². The lowest BCUT2D eigenvalue weighted by Crippen LogP contribution is -2.08. The monoisotopic (exact) mass is 271 g/mol. The van der Waals surface area contributed by atoms with Crippen molar-refractivity contribution in [3.8, 4) is 5.75 Å². The lowest BCUT2D eigenvalue weighted by atomic mass is 10.0. The van der Waals surface area contributed by atoms with Crippen LogP contribution in [0.3, 0.4) is 0 Å². The Hall–Kier alpha value is -2.00. The number of aromatic hydroxyl groups is 1. The van der Waals surface area contributed by atoms with Crippen molar-refractivity contribution in [2.24, 2.45) is 0 Å². The summed E-state index contributed by atoms with van der Waals surface area (Å²) in [7, 11) is 4.03. The van der Waals surface area contributed by atoms with Gasteiger partial charge in [-0.05, 0) is 48.2 Å². The van der Waals surface area contributed by atoms with Crippen molar-refractivity contribution in [1.82, 2.24) is 0 Å². The minimum Gasteiger partial charge on any atom is -0.508 e. The molecule has 0 saturated heterocycles. The molecule has 1 atom stereocenters. The van der Waals surface area contributed by atoms with Gasteiger partial charge >= 0.3 is 0 Å². The summed E-state index contributed by atoms with van der Waals surface area (Å²) in [5, 5.41) is 19.5. The second kappa shape index (κ2) is 6.44. The number of anilines is 1. The van der Waals surface area contributed by atoms with Crippen LogP contribution >= 0.6 is 0 Å². The summed E-state index contributed by atoms with van der Waals surface area (Å²) in [6.07, 6.45) is 0.908. The molecule has 2 rings (SSSR count). The lowest BCUT2D eigenvalue weighted by molar-refractivity contribution is 0.167. The van der Waals surface area contributed by atoms with Gasteiger partial charge in [0.25, 0.3) is 0 Å². The smallest absolute Gasteiger partial charge is 0.115 e. The van der Waals surface area contributed by atoms with Gasteiger partial charge in [0, 0.05) is 19.8 Å². The molecule has 0 aliphatic carbocycles. The maximum Gasteiger partial charge on any atom is 0.115 e. The number of aliphatic hydroxyl groups is 1. The molecule has 2 N–H and O–H groups in total. The van der Waals surface area contributed by atoms with Crippen molar-refractivity contribution in [1.29, 1.82) is 0 Å². The van der Waals surface area contributed by atoms with Crippen LogP contribution in [0.2, 0.25) is 0 Å². The van der Waals surface area contributed by atoms with Crippen LogP contribution in [-0.4, -0.2) is 24.3 Å². The predicted octanol–water partition coefficient (Wildman–Crippen LogP) is 3.12. The molecule has 0 aromatic heterocycles. The second-order valence-corrected chi connectivity index (χ2v) is 5.21. The molecule has 1 unspecified atom stereocenters. The van der Waals surface area contributed by atoms with E-state index in [1.165, 1.54) is 11.3 Å². The normalized spacial score (nSPS) is 12.2. The highest BCUT2D eigenvalue weighted by Gasteiger charge is 2.08. The van der Waals surface area contributed by atoms with Crippen LogP contribution in [0.5, 0.6) is 5.75 Å². The van der Waals surface area contributed by atoms with Crippen LogP contribution in [-0.2, 0) is 6.42 Å². The highest BCUT2D eigenvalue weighted by Crippen LogP contribution is 2.23. The summed E-state index contributed by atoms with van der Waals surface area (Å²) < 4.78 is 0. The number of phenols is 1. The Kier molecular flexibility index (Phi) is 4.64. The van der Waals surface area contributed by atoms with Crippen molar-refractivity contribution >= 4 is 5.69 Å². The van der Waals surface area contributed by atoms with Crippen molar-refractivity contribution in [2.45, 2.75) is 18.9 Å². The van der Waals surface area contributed by atoms with Crippen LogP contribution < -0.4 is 4.90 Å². The van der Waals surface area contributed by atoms with Crippen molar-refractivity contribution in [3.05, 3.63) is 59.7 Å². The molecule has 2 aromatic rings. The Morgan fingerprint density at radius 1 is 1.05 bits per heavy atom. The first-order chi connectivity index (χ1) is 9.56. The van der Waals surface area contributed by atoms with Crippen LogP contribution in [0.1, 0.15) is 23.7 Å². The molecule has 0 amide bonds. The van der Waals surface area contributed by atoms with Crippen LogP contribution in [0.4, 0.5) is 5.69 Å². The second-order valence-electron chi connectivity index (χ2n) is 5.21. The Labute approximate surface area is 120 Å². The molecule has 0 bridgehead atoms. The molecule has 0 aliphatic heterocycles. The first-order valence-corrected chi connectivity index (χ1v) is 6.79. The molecular formula is C17H21NO2. The number of rotatable bonds is 5. The number of hydrogen-bond donors (Lipinski definition) is 2. The number of aliphatic hydroxyl groups excluding tert-OH is 1. The van der Waals surface area contributed by atoms with E-state index in [-0.39, 0.29) is 5.75 Å². The standard InChI is InChI=1S/C17H21NO2/c1-18(2)15-9-6-13(7-10-15)8-11-17(20)14-4-3-5-16(19)12-14/h3-7,9-10,12,17,19-20H,8,11H2,1-2H3. The van der Waals surface area contributed by atoms with E-state index in [2.05, 4.69) is 29.2 Å². The van der Waals surface area contributed by atoms with E-state index in [0.717, 1.165) is 12.0 Å². The molecule has 3 nitrogen and oxygen atoms in total. The first kappa shape index (κ1) is 14.4. The third kappa shape index (κ3) is 3.75. The lowest BCUT2D eigenvalue weighted by Gasteiger charge is -2.14. The Balaban J connectivity index is 1.94. The van der Waals surface area contributed by atoms with Gasteiger partial charge in [-0.3, -0.25) is 0 Å². The first-order valence-electron chi connectivity index (χ1n) is 6.79. The van der Waals surface area contributed by atoms with Crippen molar-refractivity contribution < 1.29 is 10.2 Å². The number of phenolic OH excluding ortho intramolecular Hbond substituents is 1. The molecule has 2 aromatic carbocycles. The molecule has 3 heteroatoms. The molecule has 0 radical (unpaired) electrons. The summed E-state index contributed by atoms with van der Waals surface area (Å²) in [4.78, 5) is 2.06. The summed E-state index contributed by atoms with van der Waals surface area (Å²) in [6.45, 7) is 0. The highest BCUT2D eigenvalue weighted by atomic mass is 16.3. The zero-order valence-electron chi connectivity index (χ0n) is 12.0. The van der Waals surface area contributed by atoms with Crippen molar-refractivity contribution in [3.63, 3.8) is 0 Å². The SMILES string of the molecule is CN(C)c1ccc(CCC(O)c2cccc(O)c2)cc1. The van der Waals surface area contributed by atoms with Gasteiger partial charge in [-0.2, -0.15) is 0 Å². The molecule has 20 heavy (non-hydrogen) atoms. The van der Waals surface area contributed by atoms with E-state index in [1.807, 2.05) is 20.2 Å². The third-order valence-electron chi connectivity index (χ3n) is 3.41. The Bertz CT molecular complexity index is 549. The molecule has 0 heterocycles. The van der Waals surface area contributed by atoms with E-state index in [0.29, 0.717) is 6.42 Å². The number of aryl methyl sites for hydroxylation is 1. The minimum atomic E-state index is -0.546. The average Bonchev–Trinajstić information content (AvgIpc) is 2.45. The maximum atomic E-state index is 10.1. The van der Waals surface area contributed by atoms with Gasteiger partial charge in [0.2, 0.25) is 0 Å². The Morgan fingerprint density at radius 2 is 1.75 bits per heavy atom. The van der Waals surface area contributed by atoms with Gasteiger partial charge in [-0.15, -0.1) is 0 Å². The van der Waals surface area contributed by atoms with E-state index >= 15 is 0 Å².